The van der Waals surface area contributed by atoms with Gasteiger partial charge in [-0.1, -0.05) is 24.6 Å². The molecule has 2 heteroatoms. The highest BCUT2D eigenvalue weighted by Crippen LogP contribution is 2.51. The van der Waals surface area contributed by atoms with Gasteiger partial charge in [0.25, 0.3) is 0 Å². The molecule has 0 aromatic heterocycles. The molecule has 3 aliphatic rings. The van der Waals surface area contributed by atoms with E-state index in [1.165, 1.54) is 48.8 Å². The van der Waals surface area contributed by atoms with Gasteiger partial charge in [-0.15, -0.1) is 11.6 Å². The van der Waals surface area contributed by atoms with Crippen LogP contribution in [0, 0.1) is 17.8 Å². The second-order valence-corrected chi connectivity index (χ2v) is 7.19. The topological polar surface area (TPSA) is 9.23 Å². The molecule has 0 saturated heterocycles. The molecule has 0 radical (unpaired) electrons. The van der Waals surface area contributed by atoms with E-state index in [-0.39, 0.29) is 5.38 Å². The number of ether oxygens (including phenoxy) is 1. The van der Waals surface area contributed by atoms with Crippen molar-refractivity contribution in [1.82, 2.24) is 0 Å². The smallest absolute Gasteiger partial charge is 0.0725 e. The molecule has 2 aliphatic carbocycles. The Morgan fingerprint density at radius 2 is 2.05 bits per heavy atom. The molecule has 19 heavy (non-hydrogen) atoms. The summed E-state index contributed by atoms with van der Waals surface area (Å²) in [6, 6.07) is 6.68. The first-order chi connectivity index (χ1) is 9.29. The van der Waals surface area contributed by atoms with Gasteiger partial charge in [0.2, 0.25) is 0 Å². The molecule has 1 aromatic rings. The average Bonchev–Trinajstić information content (AvgIpc) is 3.13. The first-order valence-corrected chi connectivity index (χ1v) is 8.07. The highest BCUT2D eigenvalue weighted by atomic mass is 35.5. The van der Waals surface area contributed by atoms with Crippen LogP contribution < -0.4 is 0 Å². The van der Waals surface area contributed by atoms with Crippen LogP contribution in [0.25, 0.3) is 0 Å². The Morgan fingerprint density at radius 1 is 1.16 bits per heavy atom. The van der Waals surface area contributed by atoms with Gasteiger partial charge in [0, 0.05) is 0 Å². The van der Waals surface area contributed by atoms with Gasteiger partial charge >= 0.3 is 0 Å². The normalized spacial score (nSPS) is 33.6. The zero-order valence-corrected chi connectivity index (χ0v) is 12.0. The Kier molecular flexibility index (Phi) is 3.08. The monoisotopic (exact) mass is 276 g/mol. The number of alkyl halides is 1. The van der Waals surface area contributed by atoms with E-state index in [1.807, 2.05) is 0 Å². The second kappa shape index (κ2) is 4.79. The molecular weight excluding hydrogens is 256 g/mol. The van der Waals surface area contributed by atoms with Gasteiger partial charge in [-0.2, -0.15) is 0 Å². The summed E-state index contributed by atoms with van der Waals surface area (Å²) in [5.41, 5.74) is 3.98. The summed E-state index contributed by atoms with van der Waals surface area (Å²) >= 11 is 6.68. The summed E-state index contributed by atoms with van der Waals surface area (Å²) in [6.07, 6.45) is 7.01. The molecule has 1 aromatic carbocycles. The number of hydrogen-bond donors (Lipinski definition) is 0. The Bertz CT molecular complexity index is 484. The van der Waals surface area contributed by atoms with E-state index < -0.39 is 0 Å². The molecule has 0 spiro atoms. The van der Waals surface area contributed by atoms with Crippen LogP contribution >= 0.6 is 11.6 Å². The van der Waals surface area contributed by atoms with Gasteiger partial charge in [-0.25, -0.2) is 0 Å². The van der Waals surface area contributed by atoms with Crippen LogP contribution in [0.4, 0.5) is 0 Å². The molecule has 4 rings (SSSR count). The molecule has 1 heterocycles. The third-order valence-corrected chi connectivity index (χ3v) is 5.93. The highest BCUT2D eigenvalue weighted by molar-refractivity contribution is 6.20. The molecule has 4 atom stereocenters. The minimum atomic E-state index is 0.190. The molecule has 4 unspecified atom stereocenters. The third kappa shape index (κ3) is 2.21. The fourth-order valence-electron chi connectivity index (χ4n) is 4.45. The molecule has 2 saturated carbocycles. The van der Waals surface area contributed by atoms with E-state index in [2.05, 4.69) is 18.2 Å². The minimum Gasteiger partial charge on any atom is -0.372 e. The lowest BCUT2D eigenvalue weighted by Crippen LogP contribution is -2.12. The quantitative estimate of drug-likeness (QED) is 0.719. The van der Waals surface area contributed by atoms with Gasteiger partial charge in [0.1, 0.15) is 0 Å². The molecule has 0 N–H and O–H groups in total. The Morgan fingerprint density at radius 3 is 2.84 bits per heavy atom. The van der Waals surface area contributed by atoms with Crippen molar-refractivity contribution >= 4 is 11.6 Å². The maximum absolute atomic E-state index is 6.68. The maximum Gasteiger partial charge on any atom is 0.0725 e. The van der Waals surface area contributed by atoms with Gasteiger partial charge < -0.3 is 4.74 Å². The van der Waals surface area contributed by atoms with Gasteiger partial charge in [-0.05, 0) is 60.1 Å². The molecular formula is C17H21ClO. The summed E-state index contributed by atoms with van der Waals surface area (Å²) < 4.78 is 5.48. The van der Waals surface area contributed by atoms with Crippen LogP contribution in [0.5, 0.6) is 0 Å². The first kappa shape index (κ1) is 12.2. The number of rotatable bonds is 3. The van der Waals surface area contributed by atoms with E-state index in [4.69, 9.17) is 16.3 Å². The van der Waals surface area contributed by atoms with Crippen molar-refractivity contribution in [3.05, 3.63) is 34.9 Å². The van der Waals surface area contributed by atoms with Gasteiger partial charge in [0.15, 0.2) is 0 Å². The van der Waals surface area contributed by atoms with Crippen LogP contribution in [0.1, 0.15) is 54.2 Å². The molecule has 1 aliphatic heterocycles. The van der Waals surface area contributed by atoms with Crippen LogP contribution in [0.2, 0.25) is 0 Å². The lowest BCUT2D eigenvalue weighted by molar-refractivity contribution is 0.134. The van der Waals surface area contributed by atoms with E-state index >= 15 is 0 Å². The standard InChI is InChI=1S/C17H21ClO/c18-17(8-15-6-11-1-2-12(15)5-11)13-3-4-14-9-19-10-16(14)7-13/h3-4,7,11-12,15,17H,1-2,5-6,8-10H2. The maximum atomic E-state index is 6.68. The van der Waals surface area contributed by atoms with E-state index in [0.29, 0.717) is 0 Å². The summed E-state index contributed by atoms with van der Waals surface area (Å²) in [7, 11) is 0. The zero-order valence-electron chi connectivity index (χ0n) is 11.3. The van der Waals surface area contributed by atoms with E-state index in [0.717, 1.165) is 31.0 Å². The molecule has 2 fully saturated rings. The molecule has 1 nitrogen and oxygen atoms in total. The predicted octanol–water partition coefficient (Wildman–Crippen LogP) is 4.82. The Hall–Kier alpha value is -0.530. The fraction of sp³-hybridized carbons (Fsp3) is 0.647. The van der Waals surface area contributed by atoms with Crippen molar-refractivity contribution in [3.8, 4) is 0 Å². The lowest BCUT2D eigenvalue weighted by atomic mass is 9.84. The molecule has 0 amide bonds. The Labute approximate surface area is 120 Å². The highest BCUT2D eigenvalue weighted by Gasteiger charge is 2.40. The van der Waals surface area contributed by atoms with Crippen LogP contribution in [0.3, 0.4) is 0 Å². The number of benzene rings is 1. The predicted molar refractivity (Wildman–Crippen MR) is 77.1 cm³/mol. The molecule has 102 valence electrons. The van der Waals surface area contributed by atoms with Crippen LogP contribution in [0.15, 0.2) is 18.2 Å². The van der Waals surface area contributed by atoms with Crippen molar-refractivity contribution in [1.29, 1.82) is 0 Å². The van der Waals surface area contributed by atoms with Crippen molar-refractivity contribution in [2.45, 2.75) is 50.7 Å². The largest absolute Gasteiger partial charge is 0.372 e. The van der Waals surface area contributed by atoms with E-state index in [1.54, 1.807) is 0 Å². The number of hydrogen-bond acceptors (Lipinski definition) is 1. The number of halogens is 1. The molecule has 2 bridgehead atoms. The SMILES string of the molecule is ClC(CC1CC2CCC1C2)c1ccc2c(c1)COC2. The van der Waals surface area contributed by atoms with Crippen molar-refractivity contribution in [2.75, 3.05) is 0 Å². The zero-order chi connectivity index (χ0) is 12.8. The summed E-state index contributed by atoms with van der Waals surface area (Å²) in [4.78, 5) is 0. The van der Waals surface area contributed by atoms with Crippen molar-refractivity contribution in [3.63, 3.8) is 0 Å². The Balaban J connectivity index is 1.47. The summed E-state index contributed by atoms with van der Waals surface area (Å²) in [5.74, 6) is 2.88. The van der Waals surface area contributed by atoms with E-state index in [9.17, 15) is 0 Å². The third-order valence-electron chi connectivity index (χ3n) is 5.50. The van der Waals surface area contributed by atoms with Crippen molar-refractivity contribution in [2.24, 2.45) is 17.8 Å². The van der Waals surface area contributed by atoms with Gasteiger partial charge in [0.05, 0.1) is 18.6 Å². The summed E-state index contributed by atoms with van der Waals surface area (Å²) in [6.45, 7) is 1.54. The second-order valence-electron chi connectivity index (χ2n) is 6.66. The van der Waals surface area contributed by atoms with Gasteiger partial charge in [-0.3, -0.25) is 0 Å². The number of fused-ring (bicyclic) bond motifs is 3. The van der Waals surface area contributed by atoms with Crippen LogP contribution in [-0.2, 0) is 18.0 Å². The fourth-order valence-corrected chi connectivity index (χ4v) is 4.82. The van der Waals surface area contributed by atoms with Crippen molar-refractivity contribution < 1.29 is 4.74 Å². The summed E-state index contributed by atoms with van der Waals surface area (Å²) in [5, 5.41) is 0.190. The first-order valence-electron chi connectivity index (χ1n) is 7.63. The lowest BCUT2D eigenvalue weighted by Gasteiger charge is -2.24. The minimum absolute atomic E-state index is 0.190. The average molecular weight is 277 g/mol. The van der Waals surface area contributed by atoms with Crippen LogP contribution in [-0.4, -0.2) is 0 Å².